The molecule has 2 aliphatic rings. The van der Waals surface area contributed by atoms with E-state index in [2.05, 4.69) is 32.6 Å². The van der Waals surface area contributed by atoms with Gasteiger partial charge >= 0.3 is 0 Å². The summed E-state index contributed by atoms with van der Waals surface area (Å²) in [5, 5.41) is 0. The minimum atomic E-state index is 0.418. The van der Waals surface area contributed by atoms with Gasteiger partial charge in [-0.25, -0.2) is 0 Å². The van der Waals surface area contributed by atoms with Crippen molar-refractivity contribution in [3.8, 4) is 0 Å². The Hall–Kier alpha value is -0.0451. The van der Waals surface area contributed by atoms with Gasteiger partial charge in [0.25, 0.3) is 0 Å². The van der Waals surface area contributed by atoms with Crippen LogP contribution in [-0.4, -0.2) is 29.8 Å². The highest BCUT2D eigenvalue weighted by Crippen LogP contribution is 2.41. The smallest absolute Gasteiger partial charge is 0.0818 e. The highest BCUT2D eigenvalue weighted by molar-refractivity contribution is 7.80. The van der Waals surface area contributed by atoms with E-state index >= 15 is 0 Å². The zero-order valence-corrected chi connectivity index (χ0v) is 15.9. The van der Waals surface area contributed by atoms with Crippen molar-refractivity contribution in [3.05, 3.63) is 0 Å². The molecule has 2 fully saturated rings. The molecule has 0 spiro atoms. The maximum absolute atomic E-state index is 6.22. The lowest BCUT2D eigenvalue weighted by molar-refractivity contribution is 0.133. The first-order valence-corrected chi connectivity index (χ1v) is 9.88. The molecule has 1 aliphatic carbocycles. The zero-order chi connectivity index (χ0) is 16.3. The van der Waals surface area contributed by atoms with Gasteiger partial charge in [0.1, 0.15) is 0 Å². The fourth-order valence-corrected chi connectivity index (χ4v) is 5.37. The predicted octanol–water partition coefficient (Wildman–Crippen LogP) is 5.39. The summed E-state index contributed by atoms with van der Waals surface area (Å²) in [7, 11) is 6.22. The molecule has 0 aromatic rings. The topological polar surface area (TPSA) is 3.24 Å². The summed E-state index contributed by atoms with van der Waals surface area (Å²) in [5.74, 6) is 2.60. The number of thiocarbonyl (C=S) groups is 1. The summed E-state index contributed by atoms with van der Waals surface area (Å²) < 4.78 is 0. The molecule has 1 nitrogen and oxygen atoms in total. The Balaban J connectivity index is 2.16. The summed E-state index contributed by atoms with van der Waals surface area (Å²) in [6, 6.07) is 1.19. The van der Waals surface area contributed by atoms with Crippen molar-refractivity contribution < 1.29 is 0 Å². The van der Waals surface area contributed by atoms with Crippen molar-refractivity contribution in [1.82, 2.24) is 4.90 Å². The molecule has 0 aromatic heterocycles. The van der Waals surface area contributed by atoms with E-state index in [1.54, 1.807) is 0 Å². The summed E-state index contributed by atoms with van der Waals surface area (Å²) in [4.78, 5) is 3.86. The van der Waals surface area contributed by atoms with Gasteiger partial charge in [-0.05, 0) is 51.4 Å². The summed E-state index contributed by atoms with van der Waals surface area (Å²) in [6.07, 6.45) is 10.2. The minimum Gasteiger partial charge on any atom is -0.360 e. The van der Waals surface area contributed by atoms with E-state index in [-0.39, 0.29) is 0 Å². The van der Waals surface area contributed by atoms with Crippen LogP contribution in [0, 0.1) is 17.8 Å². The Kier molecular flexibility index (Phi) is 6.80. The van der Waals surface area contributed by atoms with Crippen molar-refractivity contribution in [3.63, 3.8) is 0 Å². The Bertz CT molecular complexity index is 368. The maximum Gasteiger partial charge on any atom is 0.0818 e. The Morgan fingerprint density at radius 3 is 2.32 bits per heavy atom. The Labute approximate surface area is 145 Å². The third-order valence-electron chi connectivity index (χ3n) is 5.65. The SMILES string of the molecule is [B]C1CCCC2CC(CC(C)C)N(C(C)C)C(=S)C2CCC1. The maximum atomic E-state index is 6.22. The van der Waals surface area contributed by atoms with E-state index in [4.69, 9.17) is 20.1 Å². The van der Waals surface area contributed by atoms with Gasteiger partial charge in [-0.15, -0.1) is 0 Å². The lowest BCUT2D eigenvalue weighted by Crippen LogP contribution is -2.53. The molecular weight excluding hydrogens is 285 g/mol. The van der Waals surface area contributed by atoms with Crippen LogP contribution in [0.2, 0.25) is 5.82 Å². The summed E-state index contributed by atoms with van der Waals surface area (Å²) in [5.41, 5.74) is 0. The molecule has 0 bridgehead atoms. The number of rotatable bonds is 3. The number of nitrogens with zero attached hydrogens (tertiary/aromatic N) is 1. The normalized spacial score (nSPS) is 34.3. The standard InChI is InChI=1S/C19H34BNS/c1-13(2)11-17-12-15-7-5-8-16(20)9-6-10-18(15)19(22)21(17)14(3)4/h13-18H,5-12H2,1-4H3. The van der Waals surface area contributed by atoms with Gasteiger partial charge in [0.15, 0.2) is 0 Å². The van der Waals surface area contributed by atoms with Crippen LogP contribution in [0.3, 0.4) is 0 Å². The van der Waals surface area contributed by atoms with Crippen molar-refractivity contribution in [1.29, 1.82) is 0 Å². The van der Waals surface area contributed by atoms with E-state index in [9.17, 15) is 0 Å². The number of piperidine rings is 1. The molecule has 0 N–H and O–H groups in total. The van der Waals surface area contributed by atoms with E-state index in [0.29, 0.717) is 23.8 Å². The van der Waals surface area contributed by atoms with E-state index < -0.39 is 0 Å². The van der Waals surface area contributed by atoms with Crippen molar-refractivity contribution in [2.75, 3.05) is 0 Å². The van der Waals surface area contributed by atoms with Crippen LogP contribution in [0.4, 0.5) is 0 Å². The highest BCUT2D eigenvalue weighted by Gasteiger charge is 2.39. The largest absolute Gasteiger partial charge is 0.360 e. The van der Waals surface area contributed by atoms with E-state index in [1.165, 1.54) is 56.4 Å². The summed E-state index contributed by atoms with van der Waals surface area (Å²) >= 11 is 6.00. The molecule has 0 amide bonds. The lowest BCUT2D eigenvalue weighted by atomic mass is 9.75. The van der Waals surface area contributed by atoms with Gasteiger partial charge in [-0.2, -0.15) is 0 Å². The molecule has 3 heteroatoms. The molecular formula is C19H34BNS. The molecule has 1 aliphatic heterocycles. The second-order valence-electron chi connectivity index (χ2n) is 8.35. The molecule has 22 heavy (non-hydrogen) atoms. The lowest BCUT2D eigenvalue weighted by Gasteiger charge is -2.48. The van der Waals surface area contributed by atoms with Gasteiger partial charge in [-0.1, -0.05) is 57.6 Å². The van der Waals surface area contributed by atoms with Crippen LogP contribution in [0.25, 0.3) is 0 Å². The molecule has 4 unspecified atom stereocenters. The molecule has 1 heterocycles. The fourth-order valence-electron chi connectivity index (χ4n) is 4.70. The molecule has 2 radical (unpaired) electrons. The van der Waals surface area contributed by atoms with Gasteiger partial charge in [0.05, 0.1) is 12.8 Å². The number of likely N-dealkylation sites (tertiary alicyclic amines) is 1. The average Bonchev–Trinajstić information content (AvgIpc) is 2.48. The predicted molar refractivity (Wildman–Crippen MR) is 102 cm³/mol. The summed E-state index contributed by atoms with van der Waals surface area (Å²) in [6.45, 7) is 9.31. The fraction of sp³-hybridized carbons (Fsp3) is 0.947. The molecule has 124 valence electrons. The highest BCUT2D eigenvalue weighted by atomic mass is 32.1. The van der Waals surface area contributed by atoms with Gasteiger partial charge in [-0.3, -0.25) is 0 Å². The zero-order valence-electron chi connectivity index (χ0n) is 15.1. The first-order valence-electron chi connectivity index (χ1n) is 9.47. The first-order chi connectivity index (χ1) is 10.4. The number of fused-ring (bicyclic) bond motifs is 1. The molecule has 4 atom stereocenters. The van der Waals surface area contributed by atoms with E-state index in [1.807, 2.05) is 0 Å². The van der Waals surface area contributed by atoms with Crippen LogP contribution < -0.4 is 0 Å². The Morgan fingerprint density at radius 1 is 1.09 bits per heavy atom. The monoisotopic (exact) mass is 319 g/mol. The van der Waals surface area contributed by atoms with Crippen LogP contribution in [0.5, 0.6) is 0 Å². The third kappa shape index (κ3) is 4.49. The minimum absolute atomic E-state index is 0.418. The van der Waals surface area contributed by atoms with Crippen LogP contribution in [0.1, 0.15) is 79.1 Å². The average molecular weight is 319 g/mol. The quantitative estimate of drug-likeness (QED) is 0.507. The molecule has 1 saturated carbocycles. The van der Waals surface area contributed by atoms with E-state index in [0.717, 1.165) is 11.8 Å². The van der Waals surface area contributed by atoms with Gasteiger partial charge in [0.2, 0.25) is 0 Å². The third-order valence-corrected chi connectivity index (χ3v) is 6.16. The van der Waals surface area contributed by atoms with Crippen molar-refractivity contribution in [2.24, 2.45) is 17.8 Å². The molecule has 1 saturated heterocycles. The van der Waals surface area contributed by atoms with Gasteiger partial charge in [0, 0.05) is 18.0 Å². The first kappa shape index (κ1) is 18.3. The van der Waals surface area contributed by atoms with Crippen LogP contribution in [0.15, 0.2) is 0 Å². The second-order valence-corrected chi connectivity index (χ2v) is 8.77. The van der Waals surface area contributed by atoms with Gasteiger partial charge < -0.3 is 4.90 Å². The second kappa shape index (κ2) is 8.17. The van der Waals surface area contributed by atoms with Crippen LogP contribution >= 0.6 is 12.2 Å². The number of hydrogen-bond acceptors (Lipinski definition) is 1. The Morgan fingerprint density at radius 2 is 1.73 bits per heavy atom. The molecule has 0 aromatic carbocycles. The van der Waals surface area contributed by atoms with Crippen molar-refractivity contribution >= 4 is 25.1 Å². The number of hydrogen-bond donors (Lipinski definition) is 0. The van der Waals surface area contributed by atoms with Crippen molar-refractivity contribution in [2.45, 2.75) is 97.0 Å². The van der Waals surface area contributed by atoms with Crippen LogP contribution in [-0.2, 0) is 0 Å². The molecule has 2 rings (SSSR count).